The van der Waals surface area contributed by atoms with E-state index in [1.54, 1.807) is 14.0 Å². The molecule has 4 nitrogen and oxygen atoms in total. The van der Waals surface area contributed by atoms with Crippen LogP contribution in [0.5, 0.6) is 0 Å². The lowest BCUT2D eigenvalue weighted by molar-refractivity contribution is 0.105. The number of ether oxygens (including phenoxy) is 1. The lowest BCUT2D eigenvalue weighted by Gasteiger charge is -2.22. The van der Waals surface area contributed by atoms with Gasteiger partial charge in [0.1, 0.15) is 0 Å². The average Bonchev–Trinajstić information content (AvgIpc) is 2.02. The van der Waals surface area contributed by atoms with Gasteiger partial charge < -0.3 is 15.4 Å². The Morgan fingerprint density at radius 3 is 2.64 bits per heavy atom. The fourth-order valence-electron chi connectivity index (χ4n) is 0.563. The number of carbonyl (C=O) groups is 1. The summed E-state index contributed by atoms with van der Waals surface area (Å²) < 4.78 is 4.76. The number of nitrogens with zero attached hydrogens (tertiary/aromatic N) is 1. The van der Waals surface area contributed by atoms with Gasteiger partial charge in [0, 0.05) is 19.6 Å². The van der Waals surface area contributed by atoms with Crippen LogP contribution in [-0.2, 0) is 4.74 Å². The molecule has 0 aromatic heterocycles. The van der Waals surface area contributed by atoms with Gasteiger partial charge in [0.05, 0.1) is 6.61 Å². The highest BCUT2D eigenvalue weighted by atomic mass is 16.6. The van der Waals surface area contributed by atoms with Crippen LogP contribution in [0, 0.1) is 0 Å². The fourth-order valence-corrected chi connectivity index (χ4v) is 0.563. The maximum absolute atomic E-state index is 11.0. The maximum Gasteiger partial charge on any atom is 0.409 e. The third-order valence-electron chi connectivity index (χ3n) is 1.56. The van der Waals surface area contributed by atoms with E-state index in [-0.39, 0.29) is 12.1 Å². The van der Waals surface area contributed by atoms with Crippen LogP contribution in [0.25, 0.3) is 0 Å². The van der Waals surface area contributed by atoms with Crippen LogP contribution in [-0.4, -0.2) is 37.2 Å². The molecule has 0 aromatic rings. The summed E-state index contributed by atoms with van der Waals surface area (Å²) in [6.45, 7) is 4.51. The summed E-state index contributed by atoms with van der Waals surface area (Å²) in [5.41, 5.74) is 5.36. The first kappa shape index (κ1) is 10.2. The van der Waals surface area contributed by atoms with E-state index in [4.69, 9.17) is 10.5 Å². The zero-order valence-electron chi connectivity index (χ0n) is 7.33. The maximum atomic E-state index is 11.0. The minimum absolute atomic E-state index is 0.0362. The summed E-state index contributed by atoms with van der Waals surface area (Å²) in [4.78, 5) is 12.5. The molecular weight excluding hydrogens is 144 g/mol. The number of hydrogen-bond acceptors (Lipinski definition) is 3. The monoisotopic (exact) mass is 160 g/mol. The van der Waals surface area contributed by atoms with Gasteiger partial charge in [-0.15, -0.1) is 0 Å². The Hall–Kier alpha value is -0.770. The van der Waals surface area contributed by atoms with Crippen molar-refractivity contribution in [2.24, 2.45) is 5.73 Å². The molecule has 0 rings (SSSR count). The highest BCUT2D eigenvalue weighted by Gasteiger charge is 2.14. The molecule has 0 aliphatic heterocycles. The van der Waals surface area contributed by atoms with Gasteiger partial charge in [0.15, 0.2) is 0 Å². The van der Waals surface area contributed by atoms with Gasteiger partial charge in [-0.25, -0.2) is 4.79 Å². The second kappa shape index (κ2) is 4.96. The van der Waals surface area contributed by atoms with Crippen LogP contribution in [0.2, 0.25) is 0 Å². The van der Waals surface area contributed by atoms with Crippen molar-refractivity contribution < 1.29 is 9.53 Å². The summed E-state index contributed by atoms with van der Waals surface area (Å²) in [5.74, 6) is 0. The first-order valence-electron chi connectivity index (χ1n) is 3.73. The van der Waals surface area contributed by atoms with Crippen LogP contribution < -0.4 is 5.73 Å². The van der Waals surface area contributed by atoms with E-state index in [1.807, 2.05) is 6.92 Å². The lowest BCUT2D eigenvalue weighted by atomic mass is 10.3. The van der Waals surface area contributed by atoms with Gasteiger partial charge >= 0.3 is 6.09 Å². The molecule has 0 aliphatic rings. The predicted molar refractivity (Wildman–Crippen MR) is 43.3 cm³/mol. The lowest BCUT2D eigenvalue weighted by Crippen LogP contribution is -2.39. The molecule has 0 aliphatic carbocycles. The zero-order chi connectivity index (χ0) is 8.85. The van der Waals surface area contributed by atoms with E-state index in [0.717, 1.165) is 0 Å². The summed E-state index contributed by atoms with van der Waals surface area (Å²) >= 11 is 0. The Kier molecular flexibility index (Phi) is 4.61. The van der Waals surface area contributed by atoms with Gasteiger partial charge in [-0.3, -0.25) is 0 Å². The van der Waals surface area contributed by atoms with Crippen molar-refractivity contribution in [1.82, 2.24) is 4.90 Å². The number of likely N-dealkylation sites (N-methyl/N-ethyl adjacent to an activating group) is 1. The number of rotatable bonds is 3. The largest absolute Gasteiger partial charge is 0.450 e. The van der Waals surface area contributed by atoms with E-state index in [1.165, 1.54) is 4.90 Å². The third kappa shape index (κ3) is 3.23. The van der Waals surface area contributed by atoms with Gasteiger partial charge in [0.2, 0.25) is 0 Å². The summed E-state index contributed by atoms with van der Waals surface area (Å²) in [7, 11) is 1.68. The van der Waals surface area contributed by atoms with Gasteiger partial charge in [-0.2, -0.15) is 0 Å². The molecule has 0 heterocycles. The molecule has 11 heavy (non-hydrogen) atoms. The highest BCUT2D eigenvalue weighted by Crippen LogP contribution is 1.96. The van der Waals surface area contributed by atoms with Gasteiger partial charge in [0.25, 0.3) is 0 Å². The minimum atomic E-state index is -0.314. The normalized spacial score (nSPS) is 12.4. The standard InChI is InChI=1S/C7H16N2O2/c1-4-11-7(10)9(3)6(2)5-8/h6H,4-5,8H2,1-3H3. The number of amides is 1. The van der Waals surface area contributed by atoms with Crippen molar-refractivity contribution in [2.45, 2.75) is 19.9 Å². The van der Waals surface area contributed by atoms with Gasteiger partial charge in [-0.05, 0) is 13.8 Å². The number of nitrogens with two attached hydrogens (primary N) is 1. The minimum Gasteiger partial charge on any atom is -0.450 e. The molecular formula is C7H16N2O2. The van der Waals surface area contributed by atoms with Crippen molar-refractivity contribution >= 4 is 6.09 Å². The molecule has 66 valence electrons. The van der Waals surface area contributed by atoms with Crippen LogP contribution >= 0.6 is 0 Å². The van der Waals surface area contributed by atoms with Crippen LogP contribution in [0.4, 0.5) is 4.79 Å². The molecule has 0 aromatic carbocycles. The van der Waals surface area contributed by atoms with Crippen molar-refractivity contribution in [3.8, 4) is 0 Å². The SMILES string of the molecule is CCOC(=O)N(C)C(C)CN. The first-order valence-corrected chi connectivity index (χ1v) is 3.73. The number of hydrogen-bond donors (Lipinski definition) is 1. The molecule has 0 bridgehead atoms. The molecule has 0 radical (unpaired) electrons. The van der Waals surface area contributed by atoms with Crippen molar-refractivity contribution in [3.05, 3.63) is 0 Å². The molecule has 1 amide bonds. The Morgan fingerprint density at radius 1 is 1.73 bits per heavy atom. The zero-order valence-corrected chi connectivity index (χ0v) is 7.33. The highest BCUT2D eigenvalue weighted by molar-refractivity contribution is 5.67. The summed E-state index contributed by atoms with van der Waals surface area (Å²) in [6.07, 6.45) is -0.314. The van der Waals surface area contributed by atoms with Gasteiger partial charge in [-0.1, -0.05) is 0 Å². The van der Waals surface area contributed by atoms with Crippen molar-refractivity contribution in [2.75, 3.05) is 20.2 Å². The fraction of sp³-hybridized carbons (Fsp3) is 0.857. The van der Waals surface area contributed by atoms with Crippen molar-refractivity contribution in [1.29, 1.82) is 0 Å². The Balaban J connectivity index is 3.80. The quantitative estimate of drug-likeness (QED) is 0.651. The average molecular weight is 160 g/mol. The van der Waals surface area contributed by atoms with E-state index in [2.05, 4.69) is 0 Å². The molecule has 2 N–H and O–H groups in total. The predicted octanol–water partition coefficient (Wildman–Crippen LogP) is 0.422. The van der Waals surface area contributed by atoms with E-state index >= 15 is 0 Å². The molecule has 0 saturated carbocycles. The van der Waals surface area contributed by atoms with E-state index in [0.29, 0.717) is 13.2 Å². The second-order valence-electron chi connectivity index (χ2n) is 2.39. The molecule has 1 atom stereocenters. The van der Waals surface area contributed by atoms with Crippen LogP contribution in [0.3, 0.4) is 0 Å². The van der Waals surface area contributed by atoms with Crippen LogP contribution in [0.1, 0.15) is 13.8 Å². The topological polar surface area (TPSA) is 55.6 Å². The third-order valence-corrected chi connectivity index (χ3v) is 1.56. The number of carbonyl (C=O) groups excluding carboxylic acids is 1. The molecule has 0 saturated heterocycles. The summed E-state index contributed by atoms with van der Waals surface area (Å²) in [5, 5.41) is 0. The van der Waals surface area contributed by atoms with E-state index in [9.17, 15) is 4.79 Å². The smallest absolute Gasteiger partial charge is 0.409 e. The Morgan fingerprint density at radius 2 is 2.27 bits per heavy atom. The summed E-state index contributed by atoms with van der Waals surface area (Å²) in [6, 6.07) is 0.0362. The first-order chi connectivity index (χ1) is 5.13. The molecule has 0 spiro atoms. The molecule has 1 unspecified atom stereocenters. The second-order valence-corrected chi connectivity index (χ2v) is 2.39. The molecule has 4 heteroatoms. The Labute approximate surface area is 67.3 Å². The Bertz CT molecular complexity index is 128. The molecule has 0 fully saturated rings. The van der Waals surface area contributed by atoms with E-state index < -0.39 is 0 Å². The van der Waals surface area contributed by atoms with Crippen LogP contribution in [0.15, 0.2) is 0 Å². The van der Waals surface area contributed by atoms with Crippen molar-refractivity contribution in [3.63, 3.8) is 0 Å².